The number of rotatable bonds is 8. The zero-order valence-corrected chi connectivity index (χ0v) is 17.9. The largest absolute Gasteiger partial charge is 0.339 e. The van der Waals surface area contributed by atoms with Gasteiger partial charge in [-0.05, 0) is 55.8 Å². The van der Waals surface area contributed by atoms with E-state index in [4.69, 9.17) is 11.6 Å². The number of urea groups is 1. The van der Waals surface area contributed by atoms with Gasteiger partial charge in [0.15, 0.2) is 0 Å². The molecule has 0 saturated heterocycles. The molecule has 0 fully saturated rings. The summed E-state index contributed by atoms with van der Waals surface area (Å²) in [4.78, 5) is 27.0. The predicted molar refractivity (Wildman–Crippen MR) is 116 cm³/mol. The van der Waals surface area contributed by atoms with Crippen molar-refractivity contribution in [1.82, 2.24) is 15.5 Å². The summed E-state index contributed by atoms with van der Waals surface area (Å²) >= 11 is 7.51. The molecule has 0 aliphatic heterocycles. The fourth-order valence-corrected chi connectivity index (χ4v) is 3.21. The minimum Gasteiger partial charge on any atom is -0.339 e. The van der Waals surface area contributed by atoms with Gasteiger partial charge in [-0.25, -0.2) is 4.79 Å². The van der Waals surface area contributed by atoms with Gasteiger partial charge in [0.25, 0.3) is 5.91 Å². The van der Waals surface area contributed by atoms with E-state index in [1.807, 2.05) is 50.2 Å². The molecule has 28 heavy (non-hydrogen) atoms. The third-order valence-corrected chi connectivity index (χ3v) is 5.48. The maximum absolute atomic E-state index is 12.3. The van der Waals surface area contributed by atoms with Crippen LogP contribution in [0.1, 0.15) is 29.8 Å². The van der Waals surface area contributed by atoms with Crippen molar-refractivity contribution in [2.24, 2.45) is 0 Å². The average Bonchev–Trinajstić information content (AvgIpc) is 2.70. The first-order valence-electron chi connectivity index (χ1n) is 9.13. The fourth-order valence-electron chi connectivity index (χ4n) is 2.31. The molecule has 0 aliphatic rings. The highest BCUT2D eigenvalue weighted by molar-refractivity contribution is 7.99. The Bertz CT molecular complexity index is 779. The lowest BCUT2D eigenvalue weighted by Gasteiger charge is -2.21. The first-order valence-corrected chi connectivity index (χ1v) is 10.5. The van der Waals surface area contributed by atoms with Crippen LogP contribution in [0.4, 0.5) is 4.79 Å². The smallest absolute Gasteiger partial charge is 0.315 e. The van der Waals surface area contributed by atoms with Crippen molar-refractivity contribution in [3.63, 3.8) is 0 Å². The van der Waals surface area contributed by atoms with Gasteiger partial charge >= 0.3 is 6.03 Å². The summed E-state index contributed by atoms with van der Waals surface area (Å²) in [5.74, 6) is 0.764. The lowest BCUT2D eigenvalue weighted by molar-refractivity contribution is 0.0755. The first-order chi connectivity index (χ1) is 13.4. The molecule has 0 aliphatic carbocycles. The normalized spacial score (nSPS) is 10.6. The summed E-state index contributed by atoms with van der Waals surface area (Å²) in [5, 5.41) is 6.37. The van der Waals surface area contributed by atoms with Crippen LogP contribution in [0.15, 0.2) is 53.4 Å². The number of halogens is 1. The lowest BCUT2D eigenvalue weighted by atomic mass is 10.1. The molecule has 0 heterocycles. The fraction of sp³-hybridized carbons (Fsp3) is 0.333. The third kappa shape index (κ3) is 7.09. The number of carbonyl (C=O) groups is 2. The van der Waals surface area contributed by atoms with E-state index in [1.54, 1.807) is 35.8 Å². The van der Waals surface area contributed by atoms with Crippen LogP contribution in [-0.4, -0.2) is 42.2 Å². The minimum atomic E-state index is -0.212. The lowest BCUT2D eigenvalue weighted by Crippen LogP contribution is -2.36. The Morgan fingerprint density at radius 3 is 2.29 bits per heavy atom. The molecule has 0 saturated carbocycles. The summed E-state index contributed by atoms with van der Waals surface area (Å²) in [6.07, 6.45) is 0. The van der Waals surface area contributed by atoms with Gasteiger partial charge in [0.2, 0.25) is 0 Å². The van der Waals surface area contributed by atoms with Crippen LogP contribution in [0.2, 0.25) is 5.02 Å². The molecule has 2 rings (SSSR count). The van der Waals surface area contributed by atoms with E-state index >= 15 is 0 Å². The van der Waals surface area contributed by atoms with Gasteiger partial charge in [-0.2, -0.15) is 0 Å². The molecule has 0 atom stereocenters. The van der Waals surface area contributed by atoms with Gasteiger partial charge in [-0.15, -0.1) is 11.8 Å². The molecule has 0 radical (unpaired) electrons. The first kappa shape index (κ1) is 22.1. The Hall–Kier alpha value is -2.18. The van der Waals surface area contributed by atoms with Crippen LogP contribution in [0, 0.1) is 0 Å². The number of nitrogens with zero attached hydrogens (tertiary/aromatic N) is 1. The van der Waals surface area contributed by atoms with Gasteiger partial charge in [0.05, 0.1) is 0 Å². The number of thioether (sulfide) groups is 1. The highest BCUT2D eigenvalue weighted by atomic mass is 35.5. The second-order valence-electron chi connectivity index (χ2n) is 6.62. The molecular formula is C21H26ClN3O2S. The summed E-state index contributed by atoms with van der Waals surface area (Å²) in [7, 11) is 1.79. The number of hydrogen-bond donors (Lipinski definition) is 2. The molecule has 2 aromatic rings. The topological polar surface area (TPSA) is 61.4 Å². The van der Waals surface area contributed by atoms with E-state index in [2.05, 4.69) is 10.6 Å². The molecule has 7 heteroatoms. The van der Waals surface area contributed by atoms with E-state index in [0.717, 1.165) is 16.2 Å². The van der Waals surface area contributed by atoms with Crippen molar-refractivity contribution < 1.29 is 9.59 Å². The summed E-state index contributed by atoms with van der Waals surface area (Å²) < 4.78 is 0. The van der Waals surface area contributed by atoms with Gasteiger partial charge in [0, 0.05) is 47.4 Å². The Balaban J connectivity index is 1.69. The van der Waals surface area contributed by atoms with Crippen molar-refractivity contribution >= 4 is 35.3 Å². The highest BCUT2D eigenvalue weighted by Crippen LogP contribution is 2.19. The molecular weight excluding hydrogens is 394 g/mol. The number of amides is 3. The van der Waals surface area contributed by atoms with E-state index in [-0.39, 0.29) is 18.0 Å². The monoisotopic (exact) mass is 419 g/mol. The zero-order chi connectivity index (χ0) is 20.5. The highest BCUT2D eigenvalue weighted by Gasteiger charge is 2.13. The Labute approximate surface area is 175 Å². The van der Waals surface area contributed by atoms with Crippen molar-refractivity contribution in [3.8, 4) is 0 Å². The molecule has 0 bridgehead atoms. The summed E-state index contributed by atoms with van der Waals surface area (Å²) in [6.45, 7) is 4.92. The molecule has 0 aromatic heterocycles. The van der Waals surface area contributed by atoms with Gasteiger partial charge < -0.3 is 15.5 Å². The molecule has 0 spiro atoms. The number of carbonyl (C=O) groups excluding carboxylic acids is 2. The van der Waals surface area contributed by atoms with Crippen LogP contribution in [-0.2, 0) is 6.54 Å². The van der Waals surface area contributed by atoms with Gasteiger partial charge in [0.1, 0.15) is 0 Å². The Kier molecular flexibility index (Phi) is 8.67. The van der Waals surface area contributed by atoms with Crippen LogP contribution < -0.4 is 10.6 Å². The maximum atomic E-state index is 12.3. The van der Waals surface area contributed by atoms with Crippen molar-refractivity contribution in [2.75, 3.05) is 19.3 Å². The van der Waals surface area contributed by atoms with Crippen molar-refractivity contribution in [3.05, 3.63) is 64.7 Å². The maximum Gasteiger partial charge on any atom is 0.315 e. The molecule has 2 aromatic carbocycles. The molecule has 150 valence electrons. The second kappa shape index (κ2) is 11.0. The van der Waals surface area contributed by atoms with E-state index in [0.29, 0.717) is 23.7 Å². The van der Waals surface area contributed by atoms with Crippen LogP contribution in [0.3, 0.4) is 0 Å². The zero-order valence-electron chi connectivity index (χ0n) is 16.4. The van der Waals surface area contributed by atoms with E-state index in [1.165, 1.54) is 0 Å². The molecule has 5 nitrogen and oxygen atoms in total. The third-order valence-electron chi connectivity index (χ3n) is 4.22. The quantitative estimate of drug-likeness (QED) is 0.492. The Morgan fingerprint density at radius 2 is 1.68 bits per heavy atom. The van der Waals surface area contributed by atoms with Crippen LogP contribution in [0.5, 0.6) is 0 Å². The number of nitrogens with one attached hydrogen (secondary N) is 2. The molecule has 3 amide bonds. The van der Waals surface area contributed by atoms with Crippen molar-refractivity contribution in [1.29, 1.82) is 0 Å². The van der Waals surface area contributed by atoms with E-state index < -0.39 is 0 Å². The summed E-state index contributed by atoms with van der Waals surface area (Å²) in [5.41, 5.74) is 1.58. The second-order valence-corrected chi connectivity index (χ2v) is 8.22. The SMILES string of the molecule is CC(C)N(C)C(=O)c1ccc(CNC(=O)NCCSc2ccc(Cl)cc2)cc1. The summed E-state index contributed by atoms with van der Waals surface area (Å²) in [6, 6.07) is 14.9. The number of benzene rings is 2. The van der Waals surface area contributed by atoms with Crippen LogP contribution >= 0.6 is 23.4 Å². The van der Waals surface area contributed by atoms with Gasteiger partial charge in [-0.3, -0.25) is 4.79 Å². The average molecular weight is 420 g/mol. The standard InChI is InChI=1S/C21H26ClN3O2S/c1-15(2)25(3)20(26)17-6-4-16(5-7-17)14-24-21(27)23-12-13-28-19-10-8-18(22)9-11-19/h4-11,15H,12-14H2,1-3H3,(H2,23,24,27). The molecule has 2 N–H and O–H groups in total. The van der Waals surface area contributed by atoms with Gasteiger partial charge in [-0.1, -0.05) is 23.7 Å². The van der Waals surface area contributed by atoms with Crippen LogP contribution in [0.25, 0.3) is 0 Å². The van der Waals surface area contributed by atoms with E-state index in [9.17, 15) is 9.59 Å². The minimum absolute atomic E-state index is 0.00885. The Morgan fingerprint density at radius 1 is 1.04 bits per heavy atom. The molecule has 0 unspecified atom stereocenters. The predicted octanol–water partition coefficient (Wildman–Crippen LogP) is 4.41. The van der Waals surface area contributed by atoms with Crippen molar-refractivity contribution in [2.45, 2.75) is 31.3 Å². The number of hydrogen-bond acceptors (Lipinski definition) is 3.